The second-order valence-corrected chi connectivity index (χ2v) is 5.14. The molecule has 0 aromatic heterocycles. The van der Waals surface area contributed by atoms with Crippen molar-refractivity contribution in [3.05, 3.63) is 0 Å². The molecule has 0 spiro atoms. The van der Waals surface area contributed by atoms with Crippen molar-refractivity contribution in [3.8, 4) is 12.3 Å². The van der Waals surface area contributed by atoms with Gasteiger partial charge in [0.15, 0.2) is 0 Å². The average Bonchev–Trinajstić information content (AvgIpc) is 2.26. The molecule has 0 aromatic carbocycles. The highest BCUT2D eigenvalue weighted by atomic mass is 32.2. The lowest BCUT2D eigenvalue weighted by Crippen LogP contribution is -2.39. The van der Waals surface area contributed by atoms with Crippen LogP contribution in [0.15, 0.2) is 0 Å². The van der Waals surface area contributed by atoms with Crippen molar-refractivity contribution in [2.24, 2.45) is 0 Å². The van der Waals surface area contributed by atoms with Gasteiger partial charge in [-0.2, -0.15) is 11.8 Å². The fraction of sp³-hybridized carbons (Fsp3) is 0.833. The fourth-order valence-electron chi connectivity index (χ4n) is 2.03. The van der Waals surface area contributed by atoms with E-state index in [9.17, 15) is 0 Å². The predicted molar refractivity (Wildman–Crippen MR) is 65.6 cm³/mol. The third kappa shape index (κ3) is 3.55. The van der Waals surface area contributed by atoms with Crippen LogP contribution < -0.4 is 5.32 Å². The van der Waals surface area contributed by atoms with Crippen LogP contribution in [0.3, 0.4) is 0 Å². The van der Waals surface area contributed by atoms with Crippen molar-refractivity contribution in [1.82, 2.24) is 5.32 Å². The summed E-state index contributed by atoms with van der Waals surface area (Å²) in [7, 11) is 0. The Morgan fingerprint density at radius 2 is 2.07 bits per heavy atom. The van der Waals surface area contributed by atoms with Crippen molar-refractivity contribution in [2.75, 3.05) is 6.26 Å². The first-order valence-electron chi connectivity index (χ1n) is 5.55. The highest BCUT2D eigenvalue weighted by Gasteiger charge is 2.21. The summed E-state index contributed by atoms with van der Waals surface area (Å²) < 4.78 is 0. The van der Waals surface area contributed by atoms with Gasteiger partial charge in [-0.05, 0) is 38.4 Å². The predicted octanol–water partition coefficient (Wildman–Crippen LogP) is 2.66. The van der Waals surface area contributed by atoms with Crippen LogP contribution in [0.4, 0.5) is 0 Å². The fourth-order valence-corrected chi connectivity index (χ4v) is 2.78. The van der Waals surface area contributed by atoms with Gasteiger partial charge < -0.3 is 5.32 Å². The summed E-state index contributed by atoms with van der Waals surface area (Å²) in [5.41, 5.74) is 0. The summed E-state index contributed by atoms with van der Waals surface area (Å²) in [6, 6.07) is 0.949. The Labute approximate surface area is 92.4 Å². The minimum Gasteiger partial charge on any atom is -0.301 e. The van der Waals surface area contributed by atoms with Gasteiger partial charge in [0.25, 0.3) is 0 Å². The second-order valence-electron chi connectivity index (χ2n) is 4.00. The minimum absolute atomic E-state index is 0.283. The zero-order chi connectivity index (χ0) is 10.4. The van der Waals surface area contributed by atoms with Gasteiger partial charge in [0.05, 0.1) is 6.04 Å². The number of thioether (sulfide) groups is 1. The first-order valence-corrected chi connectivity index (χ1v) is 6.83. The van der Waals surface area contributed by atoms with Gasteiger partial charge in [-0.1, -0.05) is 12.8 Å². The summed E-state index contributed by atoms with van der Waals surface area (Å²) in [6.07, 6.45) is 14.0. The molecule has 0 heterocycles. The van der Waals surface area contributed by atoms with E-state index in [2.05, 4.69) is 24.4 Å². The number of hydrogen-bond acceptors (Lipinski definition) is 2. The van der Waals surface area contributed by atoms with Gasteiger partial charge in [-0.3, -0.25) is 0 Å². The van der Waals surface area contributed by atoms with E-state index in [-0.39, 0.29) is 6.04 Å². The molecule has 14 heavy (non-hydrogen) atoms. The van der Waals surface area contributed by atoms with Crippen LogP contribution in [-0.4, -0.2) is 23.6 Å². The molecule has 0 bridgehead atoms. The smallest absolute Gasteiger partial charge is 0.0686 e. The van der Waals surface area contributed by atoms with Crippen LogP contribution in [0.2, 0.25) is 0 Å². The Hall–Kier alpha value is -0.130. The van der Waals surface area contributed by atoms with Crippen molar-refractivity contribution < 1.29 is 0 Å². The molecule has 1 aliphatic rings. The summed E-state index contributed by atoms with van der Waals surface area (Å²) >= 11 is 2.01. The Kier molecular flexibility index (Phi) is 5.44. The van der Waals surface area contributed by atoms with E-state index in [1.54, 1.807) is 0 Å². The van der Waals surface area contributed by atoms with Crippen molar-refractivity contribution in [3.63, 3.8) is 0 Å². The third-order valence-electron chi connectivity index (χ3n) is 3.05. The number of terminal acetylenes is 1. The van der Waals surface area contributed by atoms with Gasteiger partial charge in [0.1, 0.15) is 0 Å². The van der Waals surface area contributed by atoms with Gasteiger partial charge in [0.2, 0.25) is 0 Å². The zero-order valence-corrected chi connectivity index (χ0v) is 10.1. The Morgan fingerprint density at radius 1 is 1.43 bits per heavy atom. The molecule has 0 saturated heterocycles. The molecule has 1 unspecified atom stereocenters. The maximum absolute atomic E-state index is 5.44. The van der Waals surface area contributed by atoms with Crippen molar-refractivity contribution >= 4 is 11.8 Å². The summed E-state index contributed by atoms with van der Waals surface area (Å²) in [5, 5.41) is 4.44. The second kappa shape index (κ2) is 6.37. The molecular formula is C12H21NS. The molecule has 80 valence electrons. The van der Waals surface area contributed by atoms with Crippen LogP contribution >= 0.6 is 11.8 Å². The summed E-state index contributed by atoms with van der Waals surface area (Å²) in [5.74, 6) is 2.81. The summed E-state index contributed by atoms with van der Waals surface area (Å²) in [4.78, 5) is 0. The molecule has 1 atom stereocenters. The summed E-state index contributed by atoms with van der Waals surface area (Å²) in [6.45, 7) is 2.14. The van der Waals surface area contributed by atoms with E-state index >= 15 is 0 Å². The van der Waals surface area contributed by atoms with E-state index in [4.69, 9.17) is 6.42 Å². The van der Waals surface area contributed by atoms with E-state index in [0.29, 0.717) is 6.04 Å². The third-order valence-corrected chi connectivity index (χ3v) is 4.19. The first-order chi connectivity index (χ1) is 6.80. The van der Waals surface area contributed by atoms with E-state index in [1.165, 1.54) is 25.7 Å². The normalized spacial score (nSPS) is 29.5. The van der Waals surface area contributed by atoms with Crippen LogP contribution in [0.5, 0.6) is 0 Å². The lowest BCUT2D eigenvalue weighted by atomic mass is 9.94. The molecule has 1 N–H and O–H groups in total. The van der Waals surface area contributed by atoms with Crippen molar-refractivity contribution in [1.29, 1.82) is 0 Å². The Bertz CT molecular complexity index is 189. The SMILES string of the molecule is C#CC(CC)NC1CCC(SC)CC1. The molecule has 1 aliphatic carbocycles. The molecule has 0 aromatic rings. The van der Waals surface area contributed by atoms with Gasteiger partial charge in [0, 0.05) is 11.3 Å². The maximum atomic E-state index is 5.44. The number of rotatable bonds is 4. The van der Waals surface area contributed by atoms with Gasteiger partial charge >= 0.3 is 0 Å². The molecule has 0 amide bonds. The Morgan fingerprint density at radius 3 is 2.50 bits per heavy atom. The van der Waals surface area contributed by atoms with Crippen LogP contribution in [0.25, 0.3) is 0 Å². The molecule has 0 radical (unpaired) electrons. The molecule has 1 saturated carbocycles. The minimum atomic E-state index is 0.283. The molecule has 1 rings (SSSR count). The molecule has 1 fully saturated rings. The molecular weight excluding hydrogens is 190 g/mol. The number of nitrogens with one attached hydrogen (secondary N) is 1. The van der Waals surface area contributed by atoms with E-state index < -0.39 is 0 Å². The van der Waals surface area contributed by atoms with Gasteiger partial charge in [-0.15, -0.1) is 6.42 Å². The Balaban J connectivity index is 2.25. The van der Waals surface area contributed by atoms with Gasteiger partial charge in [-0.25, -0.2) is 0 Å². The van der Waals surface area contributed by atoms with Crippen molar-refractivity contribution in [2.45, 2.75) is 56.4 Å². The first kappa shape index (κ1) is 11.9. The highest BCUT2D eigenvalue weighted by Crippen LogP contribution is 2.27. The van der Waals surface area contributed by atoms with Crippen LogP contribution in [0, 0.1) is 12.3 Å². The zero-order valence-electron chi connectivity index (χ0n) is 9.25. The quantitative estimate of drug-likeness (QED) is 0.718. The standard InChI is InChI=1S/C12H21NS/c1-4-10(5-2)13-11-6-8-12(14-3)9-7-11/h1,10-13H,5-9H2,2-3H3. The topological polar surface area (TPSA) is 12.0 Å². The molecule has 2 heteroatoms. The largest absolute Gasteiger partial charge is 0.301 e. The van der Waals surface area contributed by atoms with Crippen LogP contribution in [0.1, 0.15) is 39.0 Å². The van der Waals surface area contributed by atoms with E-state index in [1.807, 2.05) is 11.8 Å². The lowest BCUT2D eigenvalue weighted by molar-refractivity contribution is 0.361. The van der Waals surface area contributed by atoms with Crippen LogP contribution in [-0.2, 0) is 0 Å². The molecule has 0 aliphatic heterocycles. The highest BCUT2D eigenvalue weighted by molar-refractivity contribution is 7.99. The van der Waals surface area contributed by atoms with E-state index in [0.717, 1.165) is 11.7 Å². The molecule has 1 nitrogen and oxygen atoms in total. The monoisotopic (exact) mass is 211 g/mol. The average molecular weight is 211 g/mol. The lowest BCUT2D eigenvalue weighted by Gasteiger charge is -2.29. The maximum Gasteiger partial charge on any atom is 0.0686 e. The number of hydrogen-bond donors (Lipinski definition) is 1.